The van der Waals surface area contributed by atoms with Gasteiger partial charge in [-0.2, -0.15) is 0 Å². The Kier molecular flexibility index (Phi) is 28.7. The van der Waals surface area contributed by atoms with Crippen LogP contribution in [0.25, 0.3) is 0 Å². The lowest BCUT2D eigenvalue weighted by Gasteiger charge is -2.42. The van der Waals surface area contributed by atoms with Gasteiger partial charge in [-0.15, -0.1) is 0 Å². The summed E-state index contributed by atoms with van der Waals surface area (Å²) in [6, 6.07) is 9.37. The average molecular weight is 1210 g/mol. The van der Waals surface area contributed by atoms with Gasteiger partial charge in [-0.3, -0.25) is 0 Å². The zero-order valence-electron chi connectivity index (χ0n) is 43.9. The number of hydrogen-bond donors (Lipinski definition) is 0. The first-order chi connectivity index (χ1) is 28.6. The van der Waals surface area contributed by atoms with Crippen molar-refractivity contribution in [3.05, 3.63) is 0 Å². The minimum atomic E-state index is -2.38. The Morgan fingerprint density at radius 1 is 0.477 bits per heavy atom. The molecule has 3 saturated heterocycles. The molecule has 3 rings (SSSR count). The quantitative estimate of drug-likeness (QED) is 0.109. The fourth-order valence-electron chi connectivity index (χ4n) is 9.96. The van der Waals surface area contributed by atoms with Crippen LogP contribution in [0, 0.1) is 0 Å². The Balaban J connectivity index is 0.0000106. The molecule has 0 spiro atoms. The van der Waals surface area contributed by atoms with E-state index in [9.17, 15) is 0 Å². The fraction of sp³-hybridized carbons (Fsp3) is 1.00. The molecular weight excluding hydrogens is 1110 g/mol. The third kappa shape index (κ3) is 27.3. The second-order valence-corrected chi connectivity index (χ2v) is 78.1. The van der Waals surface area contributed by atoms with E-state index in [2.05, 4.69) is 138 Å². The minimum Gasteiger partial charge on any atom is -0.442 e. The normalized spacial score (nSPS) is 33.3. The van der Waals surface area contributed by atoms with Crippen LogP contribution in [0.15, 0.2) is 0 Å². The summed E-state index contributed by atoms with van der Waals surface area (Å²) in [5, 5.41) is 0. The first kappa shape index (κ1) is 66.2. The van der Waals surface area contributed by atoms with Crippen LogP contribution in [0.2, 0.25) is 197 Å². The highest BCUT2D eigenvalue weighted by Crippen LogP contribution is 2.34. The third-order valence-corrected chi connectivity index (χ3v) is 78.2. The van der Waals surface area contributed by atoms with Gasteiger partial charge >= 0.3 is 45.0 Å². The van der Waals surface area contributed by atoms with Crippen molar-refractivity contribution in [3.63, 3.8) is 0 Å². The summed E-state index contributed by atoms with van der Waals surface area (Å²) in [5.74, 6) is 0. The van der Waals surface area contributed by atoms with Crippen LogP contribution in [0.5, 0.6) is 0 Å². The minimum absolute atomic E-state index is 0. The highest BCUT2D eigenvalue weighted by molar-refractivity contribution is 6.92. The van der Waals surface area contributed by atoms with Crippen LogP contribution in [0.3, 0.4) is 0 Å². The second-order valence-electron chi connectivity index (χ2n) is 22.7. The number of rotatable bonds is 20. The Morgan fingerprint density at radius 2 is 0.846 bits per heavy atom. The Morgan fingerprint density at radius 3 is 1.32 bits per heavy atom. The summed E-state index contributed by atoms with van der Waals surface area (Å²) < 4.78 is 87.9. The van der Waals surface area contributed by atoms with E-state index in [-0.39, 0.29) is 21.0 Å². The first-order valence-electron chi connectivity index (χ1n) is 24.4. The summed E-state index contributed by atoms with van der Waals surface area (Å²) in [7, 11) is -30.3. The van der Waals surface area contributed by atoms with Crippen molar-refractivity contribution in [1.82, 2.24) is 0 Å². The van der Waals surface area contributed by atoms with Gasteiger partial charge in [-0.05, 0) is 204 Å². The van der Waals surface area contributed by atoms with Crippen molar-refractivity contribution in [2.24, 2.45) is 0 Å². The summed E-state index contributed by atoms with van der Waals surface area (Å²) in [4.78, 5) is 0. The van der Waals surface area contributed by atoms with Gasteiger partial charge in [0.1, 0.15) is 0 Å². The first-order valence-corrected chi connectivity index (χ1v) is 66.6. The molecule has 12 unspecified atom stereocenters. The molecule has 0 N–H and O–H groups in total. The summed E-state index contributed by atoms with van der Waals surface area (Å²) in [6.45, 7) is 48.4. The predicted octanol–water partition coefficient (Wildman–Crippen LogP) is 8.41. The van der Waals surface area contributed by atoms with E-state index in [1.54, 1.807) is 0 Å². The van der Waals surface area contributed by atoms with E-state index < -0.39 is 151 Å². The molecule has 13 nitrogen and oxygen atoms in total. The molecule has 3 aliphatic rings. The molecule has 0 aliphatic carbocycles. The number of hydrogen-bond acceptors (Lipinski definition) is 13. The second kappa shape index (κ2) is 28.2. The molecular formula is C35H104O13Si17. The van der Waals surface area contributed by atoms with Gasteiger partial charge in [0.2, 0.25) is 0 Å². The van der Waals surface area contributed by atoms with Crippen molar-refractivity contribution in [2.75, 3.05) is 0 Å². The molecule has 30 heteroatoms. The van der Waals surface area contributed by atoms with Crippen LogP contribution >= 0.6 is 0 Å². The van der Waals surface area contributed by atoms with Crippen molar-refractivity contribution in [3.8, 4) is 0 Å². The molecule has 0 radical (unpaired) electrons. The van der Waals surface area contributed by atoms with E-state index in [0.29, 0.717) is 0 Å². The molecule has 0 amide bonds. The molecule has 0 aromatic rings. The van der Waals surface area contributed by atoms with Crippen molar-refractivity contribution < 1.29 is 53.8 Å². The van der Waals surface area contributed by atoms with Gasteiger partial charge in [0, 0.05) is 6.10 Å². The Hall–Kier alpha value is 3.17. The van der Waals surface area contributed by atoms with E-state index >= 15 is 0 Å². The SMILES string of the molecule is C.C.CC1C[SiH](C)O[SiH](C)O[SiH](CC[Si](C)(C)O[Si](C)(C)O[Si](C)(C)CC[SiH]2O[SiH](C)C[Si](C)(CC[Si](C)(C)O[Si](C)(C)O[Si](C)(C)CC[SiH]3O[SiH](C)C[SiH](C)O[SiH](C)O3)O[SiH](C)O2)O1. The van der Waals surface area contributed by atoms with Crippen molar-refractivity contribution in [2.45, 2.75) is 225 Å². The summed E-state index contributed by atoms with van der Waals surface area (Å²) in [6.07, 6.45) is 0.237. The van der Waals surface area contributed by atoms with Gasteiger partial charge in [0.05, 0.1) is 0 Å². The molecule has 12 atom stereocenters. The highest BCUT2D eigenvalue weighted by atomic mass is 28.5. The maximum absolute atomic E-state index is 7.13. The molecule has 0 aromatic carbocycles. The van der Waals surface area contributed by atoms with Gasteiger partial charge in [-0.25, -0.2) is 0 Å². The molecule has 0 bridgehead atoms. The predicted molar refractivity (Wildman–Crippen MR) is 319 cm³/mol. The lowest BCUT2D eigenvalue weighted by Crippen LogP contribution is -2.55. The summed E-state index contributed by atoms with van der Waals surface area (Å²) in [5.41, 5.74) is 2.36. The maximum atomic E-state index is 7.13. The molecule has 390 valence electrons. The third-order valence-electron chi connectivity index (χ3n) is 11.8. The van der Waals surface area contributed by atoms with Crippen molar-refractivity contribution in [1.29, 1.82) is 0 Å². The lowest BCUT2D eigenvalue weighted by atomic mass is 10.5. The highest BCUT2D eigenvalue weighted by Gasteiger charge is 2.45. The smallest absolute Gasteiger partial charge is 0.312 e. The largest absolute Gasteiger partial charge is 0.442 e. The van der Waals surface area contributed by atoms with E-state index in [4.69, 9.17) is 53.8 Å². The summed E-state index contributed by atoms with van der Waals surface area (Å²) >= 11 is 0. The van der Waals surface area contributed by atoms with E-state index in [1.165, 1.54) is 5.67 Å². The lowest BCUT2D eigenvalue weighted by molar-refractivity contribution is 0.184. The molecule has 3 fully saturated rings. The topological polar surface area (TPSA) is 120 Å². The average Bonchev–Trinajstić information content (AvgIpc) is 3.03. The zero-order chi connectivity index (χ0) is 47.8. The van der Waals surface area contributed by atoms with Crippen LogP contribution in [-0.2, 0) is 53.8 Å². The molecule has 3 aliphatic heterocycles. The van der Waals surface area contributed by atoms with Crippen molar-refractivity contribution >= 4 is 151 Å². The maximum Gasteiger partial charge on any atom is 0.312 e. The van der Waals surface area contributed by atoms with Gasteiger partial charge in [0.25, 0.3) is 27.9 Å². The van der Waals surface area contributed by atoms with Crippen LogP contribution in [0.4, 0.5) is 0 Å². The molecule has 65 heavy (non-hydrogen) atoms. The van der Waals surface area contributed by atoms with Gasteiger partial charge < -0.3 is 53.8 Å². The van der Waals surface area contributed by atoms with Crippen LogP contribution < -0.4 is 0 Å². The molecule has 3 heterocycles. The van der Waals surface area contributed by atoms with Gasteiger partial charge in [-0.1, -0.05) is 14.9 Å². The van der Waals surface area contributed by atoms with E-state index in [1.807, 2.05) is 0 Å². The van der Waals surface area contributed by atoms with E-state index in [0.717, 1.165) is 60.1 Å². The standard InChI is InChI=1S/C33H96O13Si17.2CH4/c1-33-30-47(2)35-51(6)39-54(34-33)22-25-57(9,10)43-61(17,18)44-59(13,14)27-24-56-38-50(5)32-63(21,42-53(8)41-56)29-28-60(15,16)46-62(19,20)45-58(11,12)26-23-55-37-49(4)31-48(3)36-52(7)40-55;;/h33,47-56H,22-32H2,1-21H3;2*1H4. The zero-order valence-corrected chi connectivity index (χ0v) is 62.5. The van der Waals surface area contributed by atoms with Crippen LogP contribution in [0.1, 0.15) is 21.8 Å². The monoisotopic (exact) mass is 1210 g/mol. The molecule has 0 aromatic heterocycles. The Labute approximate surface area is 425 Å². The van der Waals surface area contributed by atoms with Gasteiger partial charge in [0.15, 0.2) is 77.7 Å². The van der Waals surface area contributed by atoms with Crippen LogP contribution in [-0.4, -0.2) is 157 Å². The molecule has 0 saturated carbocycles. The Bertz CT molecular complexity index is 1340. The fourth-order valence-corrected chi connectivity index (χ4v) is 92.2.